The molecule has 4 aromatic rings. The van der Waals surface area contributed by atoms with E-state index in [9.17, 15) is 4.79 Å². The number of anilines is 2. The van der Waals surface area contributed by atoms with Gasteiger partial charge in [-0.25, -0.2) is 14.6 Å². The number of para-hydroxylation sites is 1. The van der Waals surface area contributed by atoms with E-state index < -0.39 is 0 Å². The van der Waals surface area contributed by atoms with Crippen molar-refractivity contribution in [1.82, 2.24) is 19.7 Å². The second-order valence-electron chi connectivity index (χ2n) is 7.57. The van der Waals surface area contributed by atoms with E-state index in [2.05, 4.69) is 15.3 Å². The van der Waals surface area contributed by atoms with Crippen molar-refractivity contribution < 1.29 is 9.21 Å². The number of benzene rings is 1. The largest absolute Gasteiger partial charge is 0.469 e. The van der Waals surface area contributed by atoms with Crippen molar-refractivity contribution in [3.05, 3.63) is 83.2 Å². The zero-order valence-corrected chi connectivity index (χ0v) is 16.8. The Hall–Kier alpha value is -3.74. The quantitative estimate of drug-likeness (QED) is 0.543. The van der Waals surface area contributed by atoms with Crippen molar-refractivity contribution in [1.29, 1.82) is 0 Å². The fourth-order valence-corrected chi connectivity index (χ4v) is 4.00. The molecule has 1 unspecified atom stereocenters. The van der Waals surface area contributed by atoms with Crippen LogP contribution in [0.1, 0.15) is 45.5 Å². The molecule has 0 saturated heterocycles. The molecule has 1 N–H and O–H groups in total. The third kappa shape index (κ3) is 3.28. The van der Waals surface area contributed by atoms with Gasteiger partial charge in [-0.3, -0.25) is 4.79 Å². The number of ketones is 1. The molecule has 5 rings (SSSR count). The molecule has 0 radical (unpaired) electrons. The van der Waals surface area contributed by atoms with Crippen molar-refractivity contribution in [3.8, 4) is 5.95 Å². The number of fused-ring (bicyclic) bond motifs is 1. The van der Waals surface area contributed by atoms with Crippen LogP contribution in [0.3, 0.4) is 0 Å². The van der Waals surface area contributed by atoms with Gasteiger partial charge in [-0.05, 0) is 44.2 Å². The van der Waals surface area contributed by atoms with E-state index >= 15 is 0 Å². The van der Waals surface area contributed by atoms with Gasteiger partial charge in [0.2, 0.25) is 0 Å². The van der Waals surface area contributed by atoms with Gasteiger partial charge in [0.05, 0.1) is 17.5 Å². The van der Waals surface area contributed by atoms with E-state index in [0.717, 1.165) is 28.5 Å². The van der Waals surface area contributed by atoms with Gasteiger partial charge in [0.1, 0.15) is 5.76 Å². The van der Waals surface area contributed by atoms with Crippen LogP contribution in [0.2, 0.25) is 0 Å². The highest BCUT2D eigenvalue weighted by atomic mass is 16.3. The maximum atomic E-state index is 13.2. The number of aryl methyl sites for hydroxylation is 2. The molecule has 3 aromatic heterocycles. The van der Waals surface area contributed by atoms with Crippen LogP contribution in [0.15, 0.2) is 59.2 Å². The van der Waals surface area contributed by atoms with Crippen LogP contribution in [0, 0.1) is 13.8 Å². The van der Waals surface area contributed by atoms with Crippen molar-refractivity contribution in [2.75, 3.05) is 5.32 Å². The van der Waals surface area contributed by atoms with Crippen molar-refractivity contribution in [2.45, 2.75) is 32.6 Å². The summed E-state index contributed by atoms with van der Waals surface area (Å²) in [6.45, 7) is 3.85. The minimum absolute atomic E-state index is 0.0340. The summed E-state index contributed by atoms with van der Waals surface area (Å²) in [6.07, 6.45) is 2.64. The van der Waals surface area contributed by atoms with E-state index in [-0.39, 0.29) is 11.7 Å². The molecular weight excluding hydrogens is 378 g/mol. The monoisotopic (exact) mass is 399 g/mol. The molecule has 0 aliphatic heterocycles. The number of carbonyl (C=O) groups excluding carboxylic acids is 1. The van der Waals surface area contributed by atoms with Gasteiger partial charge >= 0.3 is 0 Å². The summed E-state index contributed by atoms with van der Waals surface area (Å²) in [5.41, 5.74) is 3.97. The van der Waals surface area contributed by atoms with Crippen LogP contribution < -0.4 is 5.32 Å². The molecule has 0 amide bonds. The zero-order valence-electron chi connectivity index (χ0n) is 16.8. The number of hydrogen-bond acceptors (Lipinski definition) is 6. The van der Waals surface area contributed by atoms with Gasteiger partial charge in [0.25, 0.3) is 5.95 Å². The lowest BCUT2D eigenvalue weighted by molar-refractivity contribution is 0.0960. The fraction of sp³-hybridized carbons (Fsp3) is 0.217. The summed E-state index contributed by atoms with van der Waals surface area (Å²) in [5, 5.41) is 8.03. The number of furan rings is 1. The van der Waals surface area contributed by atoms with Gasteiger partial charge in [-0.15, -0.1) is 5.10 Å². The number of carbonyl (C=O) groups is 1. The highest BCUT2D eigenvalue weighted by molar-refractivity contribution is 6.03. The van der Waals surface area contributed by atoms with E-state index in [1.165, 1.54) is 0 Å². The fourth-order valence-electron chi connectivity index (χ4n) is 4.00. The van der Waals surface area contributed by atoms with Gasteiger partial charge in [-0.1, -0.05) is 18.2 Å². The van der Waals surface area contributed by atoms with E-state index in [0.29, 0.717) is 30.2 Å². The Bertz CT molecular complexity index is 1190. The lowest BCUT2D eigenvalue weighted by Crippen LogP contribution is -2.21. The SMILES string of the molecule is Cc1cc(C)nc(-n2nc(Nc3ccccc3)c3c2CC(c2ccco2)CC3=O)n1. The molecule has 30 heavy (non-hydrogen) atoms. The van der Waals surface area contributed by atoms with Crippen LogP contribution in [-0.2, 0) is 6.42 Å². The minimum Gasteiger partial charge on any atom is -0.469 e. The predicted molar refractivity (Wildman–Crippen MR) is 112 cm³/mol. The van der Waals surface area contributed by atoms with E-state index in [4.69, 9.17) is 9.52 Å². The molecule has 1 aliphatic rings. The lowest BCUT2D eigenvalue weighted by Gasteiger charge is -2.21. The maximum Gasteiger partial charge on any atom is 0.251 e. The standard InChI is InChI=1S/C23H21N5O2/c1-14-11-15(2)25-23(24-14)28-18-12-16(20-9-6-10-30-20)13-19(29)21(18)22(27-28)26-17-7-4-3-5-8-17/h3-11,16H,12-13H2,1-2H3,(H,26,27). The Morgan fingerprint density at radius 1 is 1.03 bits per heavy atom. The van der Waals surface area contributed by atoms with E-state index in [1.807, 2.05) is 62.4 Å². The molecule has 0 spiro atoms. The van der Waals surface area contributed by atoms with Crippen LogP contribution >= 0.6 is 0 Å². The summed E-state index contributed by atoms with van der Waals surface area (Å²) >= 11 is 0. The van der Waals surface area contributed by atoms with Crippen LogP contribution in [0.4, 0.5) is 11.5 Å². The first kappa shape index (κ1) is 18.3. The average molecular weight is 399 g/mol. The predicted octanol–water partition coefficient (Wildman–Crippen LogP) is 4.53. The van der Waals surface area contributed by atoms with Crippen molar-refractivity contribution in [2.24, 2.45) is 0 Å². The Morgan fingerprint density at radius 2 is 1.80 bits per heavy atom. The number of rotatable bonds is 4. The zero-order chi connectivity index (χ0) is 20.7. The molecule has 0 saturated carbocycles. The smallest absolute Gasteiger partial charge is 0.251 e. The molecule has 0 bridgehead atoms. The van der Waals surface area contributed by atoms with Gasteiger partial charge in [0.15, 0.2) is 11.6 Å². The Labute approximate surface area is 173 Å². The molecule has 1 aliphatic carbocycles. The summed E-state index contributed by atoms with van der Waals surface area (Å²) in [5.74, 6) is 1.80. The first-order chi connectivity index (χ1) is 14.6. The topological polar surface area (TPSA) is 85.8 Å². The lowest BCUT2D eigenvalue weighted by atomic mass is 9.85. The number of nitrogens with zero attached hydrogens (tertiary/aromatic N) is 4. The minimum atomic E-state index is -0.0362. The molecule has 1 atom stereocenters. The molecule has 1 aromatic carbocycles. The Balaban J connectivity index is 1.65. The van der Waals surface area contributed by atoms with Crippen molar-refractivity contribution >= 4 is 17.3 Å². The van der Waals surface area contributed by atoms with Crippen LogP contribution in [0.25, 0.3) is 5.95 Å². The summed E-state index contributed by atoms with van der Waals surface area (Å²) in [6, 6.07) is 15.4. The first-order valence-electron chi connectivity index (χ1n) is 9.91. The maximum absolute atomic E-state index is 13.2. The third-order valence-electron chi connectivity index (χ3n) is 5.27. The summed E-state index contributed by atoms with van der Waals surface area (Å²) in [7, 11) is 0. The highest BCUT2D eigenvalue weighted by Crippen LogP contribution is 2.37. The summed E-state index contributed by atoms with van der Waals surface area (Å²) in [4.78, 5) is 22.3. The Morgan fingerprint density at radius 3 is 2.50 bits per heavy atom. The normalized spacial score (nSPS) is 15.8. The van der Waals surface area contributed by atoms with Gasteiger partial charge in [0, 0.05) is 35.8 Å². The number of Topliss-reactive ketones (excluding diaryl/α,β-unsaturated/α-hetero) is 1. The highest BCUT2D eigenvalue weighted by Gasteiger charge is 2.35. The van der Waals surface area contributed by atoms with Gasteiger partial charge in [-0.2, -0.15) is 0 Å². The van der Waals surface area contributed by atoms with Crippen LogP contribution in [-0.4, -0.2) is 25.5 Å². The number of nitrogens with one attached hydrogen (secondary N) is 1. The molecule has 7 heteroatoms. The average Bonchev–Trinajstić information content (AvgIpc) is 3.37. The second-order valence-corrected chi connectivity index (χ2v) is 7.57. The molecular formula is C23H21N5O2. The molecule has 3 heterocycles. The molecule has 150 valence electrons. The van der Waals surface area contributed by atoms with Crippen LogP contribution in [0.5, 0.6) is 0 Å². The molecule has 7 nitrogen and oxygen atoms in total. The van der Waals surface area contributed by atoms with E-state index in [1.54, 1.807) is 10.9 Å². The summed E-state index contributed by atoms with van der Waals surface area (Å²) < 4.78 is 7.30. The first-order valence-corrected chi connectivity index (χ1v) is 9.91. The third-order valence-corrected chi connectivity index (χ3v) is 5.27. The number of hydrogen-bond donors (Lipinski definition) is 1. The number of aromatic nitrogens is 4. The molecule has 0 fully saturated rings. The Kier molecular flexibility index (Phi) is 4.43. The van der Waals surface area contributed by atoms with Crippen molar-refractivity contribution in [3.63, 3.8) is 0 Å². The second kappa shape index (κ2) is 7.26. The van der Waals surface area contributed by atoms with Gasteiger partial charge < -0.3 is 9.73 Å².